The Bertz CT molecular complexity index is 525. The van der Waals surface area contributed by atoms with Gasteiger partial charge in [-0.05, 0) is 19.3 Å². The molecule has 1 saturated heterocycles. The summed E-state index contributed by atoms with van der Waals surface area (Å²) in [6.45, 7) is 0. The van der Waals surface area contributed by atoms with Crippen LogP contribution in [0.5, 0.6) is 0 Å². The summed E-state index contributed by atoms with van der Waals surface area (Å²) in [6, 6.07) is -0.870. The summed E-state index contributed by atoms with van der Waals surface area (Å²) in [5, 5.41) is 12.1. The van der Waals surface area contributed by atoms with Gasteiger partial charge in [-0.3, -0.25) is 0 Å². The first-order valence-electron chi connectivity index (χ1n) is 7.25. The Morgan fingerprint density at radius 3 is 2.33 bits per heavy atom. The fourth-order valence-corrected chi connectivity index (χ4v) is 4.86. The molecule has 1 saturated carbocycles. The summed E-state index contributed by atoms with van der Waals surface area (Å²) in [5.41, 5.74) is -1.21. The molecule has 1 aliphatic carbocycles. The zero-order chi connectivity index (χ0) is 15.7. The van der Waals surface area contributed by atoms with Crippen LogP contribution in [0, 0.1) is 0 Å². The summed E-state index contributed by atoms with van der Waals surface area (Å²) in [6.07, 6.45) is 3.77. The molecule has 8 heteroatoms. The lowest BCUT2D eigenvalue weighted by molar-refractivity contribution is -0.146. The highest BCUT2D eigenvalue weighted by Gasteiger charge is 2.42. The molecule has 21 heavy (non-hydrogen) atoms. The van der Waals surface area contributed by atoms with Crippen LogP contribution in [0.25, 0.3) is 0 Å². The molecule has 1 heterocycles. The first kappa shape index (κ1) is 16.1. The van der Waals surface area contributed by atoms with Crippen LogP contribution in [0.1, 0.15) is 38.5 Å². The quantitative estimate of drug-likeness (QED) is 0.793. The van der Waals surface area contributed by atoms with Crippen LogP contribution in [0.3, 0.4) is 0 Å². The van der Waals surface area contributed by atoms with E-state index in [4.69, 9.17) is 0 Å². The van der Waals surface area contributed by atoms with E-state index in [1.807, 2.05) is 0 Å². The van der Waals surface area contributed by atoms with Crippen LogP contribution < -0.4 is 5.32 Å². The minimum Gasteiger partial charge on any atom is -0.480 e. The van der Waals surface area contributed by atoms with Gasteiger partial charge in [0.1, 0.15) is 5.54 Å². The zero-order valence-electron chi connectivity index (χ0n) is 12.2. The Morgan fingerprint density at radius 2 is 1.86 bits per heavy atom. The molecule has 0 spiro atoms. The Hall–Kier alpha value is -1.31. The highest BCUT2D eigenvalue weighted by atomic mass is 32.2. The lowest BCUT2D eigenvalue weighted by atomic mass is 9.82. The Morgan fingerprint density at radius 1 is 1.24 bits per heavy atom. The highest BCUT2D eigenvalue weighted by Crippen LogP contribution is 2.29. The molecule has 1 unspecified atom stereocenters. The molecule has 0 aromatic carbocycles. The Labute approximate surface area is 124 Å². The van der Waals surface area contributed by atoms with E-state index in [0.29, 0.717) is 19.3 Å². The van der Waals surface area contributed by atoms with Crippen molar-refractivity contribution in [2.75, 3.05) is 18.6 Å². The standard InChI is InChI=1S/C13H22N2O5S/c1-15(10-5-8-21(19,20)9-10)12(18)14-13(11(16)17)6-3-2-4-7-13/h10H,2-9H2,1H3,(H,14,18)(H,16,17). The van der Waals surface area contributed by atoms with Crippen LogP contribution in [0.15, 0.2) is 0 Å². The van der Waals surface area contributed by atoms with Crippen molar-refractivity contribution in [1.82, 2.24) is 10.2 Å². The molecule has 0 aromatic heterocycles. The molecule has 0 aromatic rings. The van der Waals surface area contributed by atoms with Gasteiger partial charge in [0.25, 0.3) is 0 Å². The third-order valence-corrected chi connectivity index (χ3v) is 6.29. The van der Waals surface area contributed by atoms with Crippen molar-refractivity contribution in [3.63, 3.8) is 0 Å². The fraction of sp³-hybridized carbons (Fsp3) is 0.846. The van der Waals surface area contributed by atoms with Crippen molar-refractivity contribution in [1.29, 1.82) is 0 Å². The van der Waals surface area contributed by atoms with Crippen LogP contribution >= 0.6 is 0 Å². The zero-order valence-corrected chi connectivity index (χ0v) is 13.0. The number of hydrogen-bond acceptors (Lipinski definition) is 4. The normalized spacial score (nSPS) is 27.0. The number of sulfone groups is 1. The van der Waals surface area contributed by atoms with E-state index in [0.717, 1.165) is 19.3 Å². The van der Waals surface area contributed by atoms with Gasteiger partial charge in [0.2, 0.25) is 0 Å². The van der Waals surface area contributed by atoms with Crippen molar-refractivity contribution in [2.45, 2.75) is 50.1 Å². The maximum absolute atomic E-state index is 12.3. The van der Waals surface area contributed by atoms with Gasteiger partial charge < -0.3 is 15.3 Å². The first-order chi connectivity index (χ1) is 9.76. The van der Waals surface area contributed by atoms with Gasteiger partial charge in [-0.25, -0.2) is 18.0 Å². The minimum atomic E-state index is -3.08. The molecule has 1 atom stereocenters. The maximum atomic E-state index is 12.3. The molecule has 120 valence electrons. The second kappa shape index (κ2) is 5.82. The number of rotatable bonds is 3. The average molecular weight is 318 g/mol. The first-order valence-corrected chi connectivity index (χ1v) is 9.07. The van der Waals surface area contributed by atoms with E-state index in [1.165, 1.54) is 11.9 Å². The van der Waals surface area contributed by atoms with Gasteiger partial charge in [0, 0.05) is 13.1 Å². The molecular weight excluding hydrogens is 296 g/mol. The lowest BCUT2D eigenvalue weighted by Gasteiger charge is -2.36. The van der Waals surface area contributed by atoms with Crippen molar-refractivity contribution in [3.05, 3.63) is 0 Å². The lowest BCUT2D eigenvalue weighted by Crippen LogP contribution is -2.59. The Balaban J connectivity index is 2.04. The predicted molar refractivity (Wildman–Crippen MR) is 76.8 cm³/mol. The Kier molecular flexibility index (Phi) is 4.46. The van der Waals surface area contributed by atoms with Gasteiger partial charge in [-0.2, -0.15) is 0 Å². The molecule has 0 bridgehead atoms. The second-order valence-corrected chi connectivity index (χ2v) is 8.27. The van der Waals surface area contributed by atoms with Crippen molar-refractivity contribution < 1.29 is 23.1 Å². The van der Waals surface area contributed by atoms with Gasteiger partial charge in [0.05, 0.1) is 11.5 Å². The third-order valence-electron chi connectivity index (χ3n) is 4.54. The molecule has 1 aliphatic heterocycles. The summed E-state index contributed by atoms with van der Waals surface area (Å²) in [5.74, 6) is -0.973. The number of hydrogen-bond donors (Lipinski definition) is 2. The van der Waals surface area contributed by atoms with Gasteiger partial charge in [-0.15, -0.1) is 0 Å². The van der Waals surface area contributed by atoms with E-state index in [1.54, 1.807) is 0 Å². The van der Waals surface area contributed by atoms with E-state index in [2.05, 4.69) is 5.32 Å². The SMILES string of the molecule is CN(C(=O)NC1(C(=O)O)CCCCC1)C1CCS(=O)(=O)C1. The van der Waals surface area contributed by atoms with E-state index >= 15 is 0 Å². The van der Waals surface area contributed by atoms with E-state index in [9.17, 15) is 23.1 Å². The molecular formula is C13H22N2O5S. The number of carbonyl (C=O) groups excluding carboxylic acids is 1. The summed E-state index contributed by atoms with van der Waals surface area (Å²) in [7, 11) is -1.55. The number of nitrogens with one attached hydrogen (secondary N) is 1. The van der Waals surface area contributed by atoms with Crippen LogP contribution in [0.4, 0.5) is 4.79 Å². The smallest absolute Gasteiger partial charge is 0.329 e. The summed E-state index contributed by atoms with van der Waals surface area (Å²) < 4.78 is 23.0. The van der Waals surface area contributed by atoms with Crippen LogP contribution in [-0.2, 0) is 14.6 Å². The second-order valence-electron chi connectivity index (χ2n) is 6.05. The number of aliphatic carboxylic acids is 1. The molecule has 0 radical (unpaired) electrons. The average Bonchev–Trinajstić information content (AvgIpc) is 2.79. The number of nitrogens with zero attached hydrogens (tertiary/aromatic N) is 1. The molecule has 7 nitrogen and oxygen atoms in total. The number of carbonyl (C=O) groups is 2. The number of carboxylic acids is 1. The predicted octanol–water partition coefficient (Wildman–Crippen LogP) is 0.602. The minimum absolute atomic E-state index is 0.0447. The third kappa shape index (κ3) is 3.48. The van der Waals surface area contributed by atoms with Gasteiger partial charge in [0.15, 0.2) is 9.84 Å². The molecule has 2 aliphatic rings. The van der Waals surface area contributed by atoms with E-state index in [-0.39, 0.29) is 17.5 Å². The largest absolute Gasteiger partial charge is 0.480 e. The topological polar surface area (TPSA) is 104 Å². The maximum Gasteiger partial charge on any atom is 0.329 e. The van der Waals surface area contributed by atoms with Gasteiger partial charge >= 0.3 is 12.0 Å². The van der Waals surface area contributed by atoms with Crippen LogP contribution in [-0.4, -0.2) is 60.6 Å². The number of urea groups is 1. The fourth-order valence-electron chi connectivity index (χ4n) is 3.09. The summed E-state index contributed by atoms with van der Waals surface area (Å²) >= 11 is 0. The van der Waals surface area contributed by atoms with Gasteiger partial charge in [-0.1, -0.05) is 19.3 Å². The van der Waals surface area contributed by atoms with Crippen molar-refractivity contribution in [2.24, 2.45) is 0 Å². The highest BCUT2D eigenvalue weighted by molar-refractivity contribution is 7.91. The van der Waals surface area contributed by atoms with Crippen LogP contribution in [0.2, 0.25) is 0 Å². The molecule has 2 rings (SSSR count). The number of carboxylic acid groups (broad SMARTS) is 1. The molecule has 2 amide bonds. The van der Waals surface area contributed by atoms with Crippen molar-refractivity contribution in [3.8, 4) is 0 Å². The monoisotopic (exact) mass is 318 g/mol. The van der Waals surface area contributed by atoms with E-state index < -0.39 is 27.4 Å². The van der Waals surface area contributed by atoms with Crippen molar-refractivity contribution >= 4 is 21.8 Å². The summed E-state index contributed by atoms with van der Waals surface area (Å²) in [4.78, 5) is 25.1. The number of amides is 2. The molecule has 2 fully saturated rings. The molecule has 2 N–H and O–H groups in total.